The monoisotopic (exact) mass is 244 g/mol. The number of benzene rings is 1. The van der Waals surface area contributed by atoms with Gasteiger partial charge in [-0.15, -0.1) is 0 Å². The predicted molar refractivity (Wildman–Crippen MR) is 65.2 cm³/mol. The summed E-state index contributed by atoms with van der Waals surface area (Å²) in [4.78, 5) is 0. The van der Waals surface area contributed by atoms with Crippen LogP contribution in [-0.2, 0) is 6.42 Å². The van der Waals surface area contributed by atoms with Crippen molar-refractivity contribution in [3.63, 3.8) is 0 Å². The molecule has 1 nitrogen and oxygen atoms in total. The average molecular weight is 245 g/mol. The van der Waals surface area contributed by atoms with Crippen LogP contribution in [0.2, 0.25) is 5.02 Å². The Bertz CT molecular complexity index is 337. The molecule has 90 valence electrons. The standard InChI is InChI=1S/C13H18ClFO/c1-3-10(4-2)13(16)8-9-5-6-12(15)11(14)7-9/h5-7,10,13,16H,3-4,8H2,1-2H3. The van der Waals surface area contributed by atoms with Crippen LogP contribution in [0.3, 0.4) is 0 Å². The van der Waals surface area contributed by atoms with Crippen LogP contribution < -0.4 is 0 Å². The summed E-state index contributed by atoms with van der Waals surface area (Å²) in [6.07, 6.45) is 2.06. The number of halogens is 2. The lowest BCUT2D eigenvalue weighted by Gasteiger charge is -2.20. The quantitative estimate of drug-likeness (QED) is 0.835. The lowest BCUT2D eigenvalue weighted by atomic mass is 9.92. The van der Waals surface area contributed by atoms with Gasteiger partial charge in [-0.1, -0.05) is 44.4 Å². The molecule has 3 heteroatoms. The van der Waals surface area contributed by atoms with E-state index in [2.05, 4.69) is 13.8 Å². The molecule has 0 radical (unpaired) electrons. The van der Waals surface area contributed by atoms with E-state index in [4.69, 9.17) is 11.6 Å². The lowest BCUT2D eigenvalue weighted by Crippen LogP contribution is -2.21. The van der Waals surface area contributed by atoms with E-state index in [1.165, 1.54) is 6.07 Å². The van der Waals surface area contributed by atoms with Crippen molar-refractivity contribution < 1.29 is 9.50 Å². The second kappa shape index (κ2) is 6.21. The molecule has 0 aromatic heterocycles. The molecule has 0 bridgehead atoms. The van der Waals surface area contributed by atoms with Crippen LogP contribution in [-0.4, -0.2) is 11.2 Å². The maximum Gasteiger partial charge on any atom is 0.141 e. The summed E-state index contributed by atoms with van der Waals surface area (Å²) >= 11 is 5.69. The lowest BCUT2D eigenvalue weighted by molar-refractivity contribution is 0.103. The highest BCUT2D eigenvalue weighted by Gasteiger charge is 2.16. The molecule has 0 spiro atoms. The third-order valence-corrected chi connectivity index (χ3v) is 3.31. The molecule has 1 atom stereocenters. The van der Waals surface area contributed by atoms with Gasteiger partial charge in [0.2, 0.25) is 0 Å². The predicted octanol–water partition coefficient (Wildman–Crippen LogP) is 3.82. The van der Waals surface area contributed by atoms with Crippen molar-refractivity contribution in [3.05, 3.63) is 34.6 Å². The van der Waals surface area contributed by atoms with Crippen LogP contribution in [0.5, 0.6) is 0 Å². The number of hydrogen-bond acceptors (Lipinski definition) is 1. The van der Waals surface area contributed by atoms with Gasteiger partial charge in [0.25, 0.3) is 0 Å². The third-order valence-electron chi connectivity index (χ3n) is 3.02. The molecule has 1 rings (SSSR count). The molecule has 0 saturated heterocycles. The first-order chi connectivity index (χ1) is 7.58. The number of aliphatic hydroxyl groups excluding tert-OH is 1. The molecular formula is C13H18ClFO. The molecule has 0 aliphatic rings. The van der Waals surface area contributed by atoms with Crippen LogP contribution in [0.1, 0.15) is 32.3 Å². The number of hydrogen-bond donors (Lipinski definition) is 1. The molecule has 1 aromatic rings. The average Bonchev–Trinajstić information content (AvgIpc) is 2.25. The van der Waals surface area contributed by atoms with E-state index in [0.717, 1.165) is 18.4 Å². The highest BCUT2D eigenvalue weighted by atomic mass is 35.5. The first-order valence-corrected chi connectivity index (χ1v) is 6.08. The molecule has 0 aliphatic heterocycles. The number of aliphatic hydroxyl groups is 1. The van der Waals surface area contributed by atoms with Gasteiger partial charge in [0.1, 0.15) is 5.82 Å². The normalized spacial score (nSPS) is 13.1. The third kappa shape index (κ3) is 3.46. The van der Waals surface area contributed by atoms with Crippen molar-refractivity contribution >= 4 is 11.6 Å². The molecule has 0 aliphatic carbocycles. The first-order valence-electron chi connectivity index (χ1n) is 5.70. The molecule has 0 amide bonds. The summed E-state index contributed by atoms with van der Waals surface area (Å²) in [5.41, 5.74) is 0.880. The SMILES string of the molecule is CCC(CC)C(O)Cc1ccc(F)c(Cl)c1. The van der Waals surface area contributed by atoms with Crippen molar-refractivity contribution in [2.75, 3.05) is 0 Å². The van der Waals surface area contributed by atoms with Crippen LogP contribution in [0.25, 0.3) is 0 Å². The van der Waals surface area contributed by atoms with E-state index < -0.39 is 5.82 Å². The molecule has 1 unspecified atom stereocenters. The fourth-order valence-electron chi connectivity index (χ4n) is 1.91. The Morgan fingerprint density at radius 1 is 1.31 bits per heavy atom. The highest BCUT2D eigenvalue weighted by molar-refractivity contribution is 6.30. The van der Waals surface area contributed by atoms with Gasteiger partial charge in [-0.05, 0) is 30.0 Å². The maximum atomic E-state index is 12.9. The summed E-state index contributed by atoms with van der Waals surface area (Å²) in [6.45, 7) is 4.13. The number of rotatable bonds is 5. The van der Waals surface area contributed by atoms with Crippen molar-refractivity contribution in [1.29, 1.82) is 0 Å². The van der Waals surface area contributed by atoms with E-state index in [-0.39, 0.29) is 11.1 Å². The maximum absolute atomic E-state index is 12.9. The summed E-state index contributed by atoms with van der Waals surface area (Å²) in [6, 6.07) is 4.60. The molecular weight excluding hydrogens is 227 g/mol. The minimum Gasteiger partial charge on any atom is -0.392 e. The van der Waals surface area contributed by atoms with Gasteiger partial charge in [0.05, 0.1) is 11.1 Å². The Balaban J connectivity index is 2.69. The molecule has 0 heterocycles. The summed E-state index contributed by atoms with van der Waals surface area (Å²) in [5, 5.41) is 10.1. The molecule has 1 aromatic carbocycles. The van der Waals surface area contributed by atoms with Gasteiger partial charge in [-0.25, -0.2) is 4.39 Å². The van der Waals surface area contributed by atoms with Crippen LogP contribution in [0, 0.1) is 11.7 Å². The van der Waals surface area contributed by atoms with Gasteiger partial charge >= 0.3 is 0 Å². The Kier molecular flexibility index (Phi) is 5.23. The zero-order valence-electron chi connectivity index (χ0n) is 9.71. The summed E-state index contributed by atoms with van der Waals surface area (Å²) in [5.74, 6) is -0.119. The largest absolute Gasteiger partial charge is 0.392 e. The zero-order chi connectivity index (χ0) is 12.1. The van der Waals surface area contributed by atoms with Crippen molar-refractivity contribution in [2.45, 2.75) is 39.2 Å². The Morgan fingerprint density at radius 2 is 1.94 bits per heavy atom. The van der Waals surface area contributed by atoms with Crippen molar-refractivity contribution in [3.8, 4) is 0 Å². The molecule has 1 N–H and O–H groups in total. The van der Waals surface area contributed by atoms with Gasteiger partial charge in [-0.2, -0.15) is 0 Å². The van der Waals surface area contributed by atoms with Crippen molar-refractivity contribution in [1.82, 2.24) is 0 Å². The van der Waals surface area contributed by atoms with Crippen LogP contribution >= 0.6 is 11.6 Å². The van der Waals surface area contributed by atoms with Gasteiger partial charge in [0, 0.05) is 0 Å². The van der Waals surface area contributed by atoms with E-state index in [1.54, 1.807) is 12.1 Å². The zero-order valence-corrected chi connectivity index (χ0v) is 10.5. The van der Waals surface area contributed by atoms with E-state index >= 15 is 0 Å². The second-order valence-corrected chi connectivity index (χ2v) is 4.50. The van der Waals surface area contributed by atoms with E-state index in [0.29, 0.717) is 12.3 Å². The van der Waals surface area contributed by atoms with Crippen molar-refractivity contribution in [2.24, 2.45) is 5.92 Å². The minimum atomic E-state index is -0.414. The molecule has 16 heavy (non-hydrogen) atoms. The highest BCUT2D eigenvalue weighted by Crippen LogP contribution is 2.21. The topological polar surface area (TPSA) is 20.2 Å². The second-order valence-electron chi connectivity index (χ2n) is 4.10. The van der Waals surface area contributed by atoms with E-state index in [1.807, 2.05) is 0 Å². The van der Waals surface area contributed by atoms with Gasteiger partial charge in [-0.3, -0.25) is 0 Å². The first kappa shape index (κ1) is 13.5. The fraction of sp³-hybridized carbons (Fsp3) is 0.538. The Labute approximate surface area is 101 Å². The van der Waals surface area contributed by atoms with Gasteiger partial charge in [0.15, 0.2) is 0 Å². The minimum absolute atomic E-state index is 0.120. The smallest absolute Gasteiger partial charge is 0.141 e. The summed E-state index contributed by atoms with van der Waals surface area (Å²) < 4.78 is 12.9. The Hall–Kier alpha value is -0.600. The van der Waals surface area contributed by atoms with Gasteiger partial charge < -0.3 is 5.11 Å². The van der Waals surface area contributed by atoms with Crippen LogP contribution in [0.15, 0.2) is 18.2 Å². The molecule has 0 saturated carbocycles. The van der Waals surface area contributed by atoms with E-state index in [9.17, 15) is 9.50 Å². The Morgan fingerprint density at radius 3 is 2.44 bits per heavy atom. The molecule has 0 fully saturated rings. The summed E-state index contributed by atoms with van der Waals surface area (Å²) in [7, 11) is 0. The van der Waals surface area contributed by atoms with Crippen LogP contribution in [0.4, 0.5) is 4.39 Å². The fourth-order valence-corrected chi connectivity index (χ4v) is 2.11.